The summed E-state index contributed by atoms with van der Waals surface area (Å²) in [6.45, 7) is 5.59. The van der Waals surface area contributed by atoms with Crippen LogP contribution in [0.25, 0.3) is 11.4 Å². The number of benzene rings is 1. The van der Waals surface area contributed by atoms with Gasteiger partial charge in [0.2, 0.25) is 5.91 Å². The number of rotatable bonds is 5. The quantitative estimate of drug-likeness (QED) is 0.788. The van der Waals surface area contributed by atoms with Gasteiger partial charge in [0.15, 0.2) is 5.82 Å². The molecule has 0 radical (unpaired) electrons. The summed E-state index contributed by atoms with van der Waals surface area (Å²) >= 11 is 0. The lowest BCUT2D eigenvalue weighted by Gasteiger charge is -2.22. The minimum Gasteiger partial charge on any atom is -0.324 e. The molecule has 0 aliphatic heterocycles. The molecule has 1 heterocycles. The predicted octanol–water partition coefficient (Wildman–Crippen LogP) is 2.66. The van der Waals surface area contributed by atoms with Crippen LogP contribution in [0.1, 0.15) is 32.5 Å². The number of carbonyl (C=O) groups is 1. The Kier molecular flexibility index (Phi) is 6.08. The molecular weight excluding hydrogens is 302 g/mol. The number of halogens is 1. The Labute approximate surface area is 136 Å². The van der Waals surface area contributed by atoms with E-state index in [1.807, 2.05) is 38.1 Å². The van der Waals surface area contributed by atoms with Crippen LogP contribution in [-0.2, 0) is 4.79 Å². The number of carbonyl (C=O) groups excluding carboxylic acids is 1. The van der Waals surface area contributed by atoms with Crippen molar-refractivity contribution in [2.24, 2.45) is 5.73 Å². The number of amides is 1. The Hall–Kier alpha value is -1.92. The Morgan fingerprint density at radius 1 is 1.45 bits per heavy atom. The largest absolute Gasteiger partial charge is 0.324 e. The van der Waals surface area contributed by atoms with Crippen molar-refractivity contribution < 1.29 is 4.79 Å². The van der Waals surface area contributed by atoms with E-state index < -0.39 is 5.54 Å². The van der Waals surface area contributed by atoms with Crippen molar-refractivity contribution in [3.8, 4) is 11.4 Å². The molecule has 22 heavy (non-hydrogen) atoms. The molecule has 120 valence electrons. The van der Waals surface area contributed by atoms with Crippen LogP contribution in [-0.4, -0.2) is 26.6 Å². The number of hydrogen-bond donors (Lipinski definition) is 3. The van der Waals surface area contributed by atoms with Crippen molar-refractivity contribution in [2.45, 2.75) is 39.2 Å². The molecular formula is C15H22ClN5O. The van der Waals surface area contributed by atoms with Gasteiger partial charge < -0.3 is 11.1 Å². The summed E-state index contributed by atoms with van der Waals surface area (Å²) in [4.78, 5) is 16.5. The Morgan fingerprint density at radius 3 is 2.77 bits per heavy atom. The zero-order valence-electron chi connectivity index (χ0n) is 13.0. The molecule has 7 heteroatoms. The number of aryl methyl sites for hydroxylation is 1. The van der Waals surface area contributed by atoms with E-state index in [9.17, 15) is 4.79 Å². The maximum atomic E-state index is 12.2. The highest BCUT2D eigenvalue weighted by atomic mass is 35.5. The number of nitrogens with two attached hydrogens (primary N) is 1. The van der Waals surface area contributed by atoms with Gasteiger partial charge in [-0.2, -0.15) is 5.10 Å². The van der Waals surface area contributed by atoms with Crippen LogP contribution in [0.15, 0.2) is 24.3 Å². The molecule has 0 aliphatic rings. The molecule has 1 unspecified atom stereocenters. The molecule has 1 aromatic carbocycles. The van der Waals surface area contributed by atoms with Crippen LogP contribution >= 0.6 is 12.4 Å². The zero-order valence-corrected chi connectivity index (χ0v) is 13.8. The van der Waals surface area contributed by atoms with Gasteiger partial charge in [-0.15, -0.1) is 12.4 Å². The summed E-state index contributed by atoms with van der Waals surface area (Å²) in [7, 11) is 0. The topological polar surface area (TPSA) is 96.7 Å². The van der Waals surface area contributed by atoms with Crippen LogP contribution in [0.2, 0.25) is 0 Å². The number of hydrogen-bond acceptors (Lipinski definition) is 4. The normalized spacial score (nSPS) is 13.1. The second kappa shape index (κ2) is 7.38. The second-order valence-electron chi connectivity index (χ2n) is 5.45. The van der Waals surface area contributed by atoms with E-state index in [1.165, 1.54) is 0 Å². The number of anilines is 1. The van der Waals surface area contributed by atoms with Crippen LogP contribution < -0.4 is 11.1 Å². The summed E-state index contributed by atoms with van der Waals surface area (Å²) in [6.07, 6.45) is 1.50. The third kappa shape index (κ3) is 4.29. The van der Waals surface area contributed by atoms with E-state index >= 15 is 0 Å². The van der Waals surface area contributed by atoms with Gasteiger partial charge in [0.1, 0.15) is 5.82 Å². The van der Waals surface area contributed by atoms with E-state index in [0.29, 0.717) is 17.9 Å². The van der Waals surface area contributed by atoms with Gasteiger partial charge in [0.25, 0.3) is 0 Å². The zero-order chi connectivity index (χ0) is 15.5. The fourth-order valence-electron chi connectivity index (χ4n) is 2.11. The molecule has 1 amide bonds. The number of nitrogens with zero attached hydrogens (tertiary/aromatic N) is 2. The first-order valence-electron chi connectivity index (χ1n) is 7.02. The van der Waals surface area contributed by atoms with E-state index in [0.717, 1.165) is 17.8 Å². The molecule has 6 nitrogen and oxygen atoms in total. The molecule has 0 bridgehead atoms. The second-order valence-corrected chi connectivity index (χ2v) is 5.45. The molecule has 2 aromatic rings. The SMILES string of the molecule is CCCC(C)(N)C(=O)Nc1cccc(-c2n[nH]c(C)n2)c1.Cl. The first-order chi connectivity index (χ1) is 9.92. The standard InChI is InChI=1S/C15H21N5O.ClH/c1-4-8-15(3,16)14(21)18-12-7-5-6-11(9-12)13-17-10(2)19-20-13;/h5-7,9H,4,8,16H2,1-3H3,(H,18,21)(H,17,19,20);1H. The van der Waals surface area contributed by atoms with Crippen molar-refractivity contribution in [3.05, 3.63) is 30.1 Å². The predicted molar refractivity (Wildman–Crippen MR) is 89.9 cm³/mol. The van der Waals surface area contributed by atoms with Crippen LogP contribution in [0.5, 0.6) is 0 Å². The number of aromatic amines is 1. The Bertz CT molecular complexity index is 638. The third-order valence-corrected chi connectivity index (χ3v) is 3.26. The van der Waals surface area contributed by atoms with Gasteiger partial charge in [-0.3, -0.25) is 9.89 Å². The van der Waals surface area contributed by atoms with Gasteiger partial charge >= 0.3 is 0 Å². The molecule has 2 rings (SSSR count). The van der Waals surface area contributed by atoms with Crippen molar-refractivity contribution in [1.29, 1.82) is 0 Å². The van der Waals surface area contributed by atoms with Gasteiger partial charge in [0, 0.05) is 11.3 Å². The van der Waals surface area contributed by atoms with Crippen molar-refractivity contribution >= 4 is 24.0 Å². The smallest absolute Gasteiger partial charge is 0.244 e. The average Bonchev–Trinajstić information content (AvgIpc) is 2.86. The van der Waals surface area contributed by atoms with Crippen molar-refractivity contribution in [3.63, 3.8) is 0 Å². The first-order valence-corrected chi connectivity index (χ1v) is 7.02. The molecule has 1 aromatic heterocycles. The maximum Gasteiger partial charge on any atom is 0.244 e. The minimum atomic E-state index is -0.869. The van der Waals surface area contributed by atoms with Gasteiger partial charge in [0.05, 0.1) is 5.54 Å². The highest BCUT2D eigenvalue weighted by Crippen LogP contribution is 2.20. The fraction of sp³-hybridized carbons (Fsp3) is 0.400. The minimum absolute atomic E-state index is 0. The molecule has 1 atom stereocenters. The van der Waals surface area contributed by atoms with Gasteiger partial charge in [-0.1, -0.05) is 25.5 Å². The molecule has 0 saturated heterocycles. The highest BCUT2D eigenvalue weighted by Gasteiger charge is 2.27. The highest BCUT2D eigenvalue weighted by molar-refractivity contribution is 5.98. The van der Waals surface area contributed by atoms with Crippen LogP contribution in [0.3, 0.4) is 0 Å². The van der Waals surface area contributed by atoms with E-state index in [4.69, 9.17) is 5.73 Å². The molecule has 0 fully saturated rings. The van der Waals surface area contributed by atoms with Crippen LogP contribution in [0, 0.1) is 6.92 Å². The fourth-order valence-corrected chi connectivity index (χ4v) is 2.11. The lowest BCUT2D eigenvalue weighted by molar-refractivity contribution is -0.120. The monoisotopic (exact) mass is 323 g/mol. The van der Waals surface area contributed by atoms with Crippen molar-refractivity contribution in [1.82, 2.24) is 15.2 Å². The Morgan fingerprint density at radius 2 is 2.18 bits per heavy atom. The summed E-state index contributed by atoms with van der Waals surface area (Å²) in [5.74, 6) is 1.16. The number of nitrogens with one attached hydrogen (secondary N) is 2. The first kappa shape index (κ1) is 18.1. The lowest BCUT2D eigenvalue weighted by Crippen LogP contribution is -2.48. The van der Waals surface area contributed by atoms with E-state index in [2.05, 4.69) is 20.5 Å². The average molecular weight is 324 g/mol. The maximum absolute atomic E-state index is 12.2. The molecule has 0 saturated carbocycles. The molecule has 0 spiro atoms. The van der Waals surface area contributed by atoms with Gasteiger partial charge in [-0.25, -0.2) is 4.98 Å². The lowest BCUT2D eigenvalue weighted by atomic mass is 9.96. The van der Waals surface area contributed by atoms with Crippen LogP contribution in [0.4, 0.5) is 5.69 Å². The summed E-state index contributed by atoms with van der Waals surface area (Å²) < 4.78 is 0. The van der Waals surface area contributed by atoms with E-state index in [-0.39, 0.29) is 18.3 Å². The summed E-state index contributed by atoms with van der Waals surface area (Å²) in [6, 6.07) is 7.40. The molecule has 4 N–H and O–H groups in total. The summed E-state index contributed by atoms with van der Waals surface area (Å²) in [5.41, 5.74) is 6.69. The third-order valence-electron chi connectivity index (χ3n) is 3.26. The molecule has 0 aliphatic carbocycles. The Balaban J connectivity index is 0.00000242. The van der Waals surface area contributed by atoms with Gasteiger partial charge in [-0.05, 0) is 32.4 Å². The number of H-pyrrole nitrogens is 1. The van der Waals surface area contributed by atoms with Crippen molar-refractivity contribution in [2.75, 3.05) is 5.32 Å². The number of aromatic nitrogens is 3. The van der Waals surface area contributed by atoms with E-state index in [1.54, 1.807) is 6.92 Å². The summed E-state index contributed by atoms with van der Waals surface area (Å²) in [5, 5.41) is 9.77.